The van der Waals surface area contributed by atoms with Crippen LogP contribution in [0.4, 0.5) is 0 Å². The summed E-state index contributed by atoms with van der Waals surface area (Å²) in [4.78, 5) is 0. The van der Waals surface area contributed by atoms with Crippen LogP contribution in [0.1, 0.15) is 6.42 Å². The maximum absolute atomic E-state index is 6.08. The Morgan fingerprint density at radius 3 is 2.25 bits per heavy atom. The van der Waals surface area contributed by atoms with Crippen LogP contribution in [0.25, 0.3) is 0 Å². The molecule has 0 N–H and O–H groups in total. The van der Waals surface area contributed by atoms with Crippen LogP contribution in [0, 0.1) is 19.3 Å². The van der Waals surface area contributed by atoms with Gasteiger partial charge in [-0.2, -0.15) is 0 Å². The molecule has 3 radical (unpaired) electrons. The number of rotatable bonds is 0. The quantitative estimate of drug-likeness (QED) is 0.355. The summed E-state index contributed by atoms with van der Waals surface area (Å²) < 4.78 is 0. The van der Waals surface area contributed by atoms with Gasteiger partial charge in [0.15, 0.2) is 0 Å². The van der Waals surface area contributed by atoms with Crippen molar-refractivity contribution < 1.29 is 0 Å². The number of hydrogen-bond acceptors (Lipinski definition) is 0. The maximum Gasteiger partial charge on any atom is 0.0133 e. The van der Waals surface area contributed by atoms with E-state index in [1.165, 1.54) is 0 Å². The molecule has 0 spiro atoms. The molecule has 19 valence electrons. The van der Waals surface area contributed by atoms with Gasteiger partial charge in [0, 0.05) is 6.42 Å². The monoisotopic (exact) mass is 51.0 g/mol. The van der Waals surface area contributed by atoms with Gasteiger partial charge in [-0.3, -0.25) is 0 Å². The first-order valence-electron chi connectivity index (χ1n) is 1.01. The minimum absolute atomic E-state index is 0.236. The zero-order valence-corrected chi connectivity index (χ0v) is 2.28. The van der Waals surface area contributed by atoms with Gasteiger partial charge in [0.2, 0.25) is 0 Å². The highest BCUT2D eigenvalue weighted by Crippen LogP contribution is 1.57. The molecule has 0 nitrogen and oxygen atoms in total. The average Bonchev–Trinajstić information content (AvgIpc) is 1.37. The zero-order chi connectivity index (χ0) is 3.41. The Kier molecular flexibility index (Phi) is 2.28. The third kappa shape index (κ3) is 1.56. The van der Waals surface area contributed by atoms with Crippen LogP contribution in [0.5, 0.6) is 0 Å². The summed E-state index contributed by atoms with van der Waals surface area (Å²) in [5.74, 6) is 1.96. The summed E-state index contributed by atoms with van der Waals surface area (Å²) in [6, 6.07) is 0. The molecule has 0 aromatic heterocycles. The van der Waals surface area contributed by atoms with E-state index in [1.807, 2.05) is 5.92 Å². The predicted octanol–water partition coefficient (Wildman–Crippen LogP) is 0.677. The molecule has 0 aliphatic rings. The summed E-state index contributed by atoms with van der Waals surface area (Å²) >= 11 is 0. The molecule has 0 amide bonds. The summed E-state index contributed by atoms with van der Waals surface area (Å²) in [7, 11) is 0. The third-order valence-corrected chi connectivity index (χ3v) is 0.102. The summed E-state index contributed by atoms with van der Waals surface area (Å²) in [6.07, 6.45) is 6.31. The zero-order valence-electron chi connectivity index (χ0n) is 2.28. The average molecular weight is 51.1 g/mol. The summed E-state index contributed by atoms with van der Waals surface area (Å²) in [6.45, 7) is 4.73. The Bertz CT molecular complexity index is 29.8. The fourth-order valence-corrected chi connectivity index (χ4v) is 0. The van der Waals surface area contributed by atoms with Crippen molar-refractivity contribution in [1.82, 2.24) is 0 Å². The molecule has 0 aliphatic carbocycles. The van der Waals surface area contributed by atoms with E-state index in [0.29, 0.717) is 0 Å². The highest BCUT2D eigenvalue weighted by molar-refractivity contribution is 4.75. The van der Waals surface area contributed by atoms with Crippen LogP contribution >= 0.6 is 0 Å². The first-order valence-corrected chi connectivity index (χ1v) is 1.01. The molecule has 0 heteroatoms. The topological polar surface area (TPSA) is 0 Å². The molecule has 4 heavy (non-hydrogen) atoms. The van der Waals surface area contributed by atoms with E-state index in [9.17, 15) is 0 Å². The first kappa shape index (κ1) is 3.56. The van der Waals surface area contributed by atoms with Crippen molar-refractivity contribution in [2.24, 2.45) is 0 Å². The molecule has 0 saturated carbocycles. The fraction of sp³-hybridized carbons (Fsp3) is 0.250. The Morgan fingerprint density at radius 1 is 2.00 bits per heavy atom. The molecule has 0 aliphatic heterocycles. The van der Waals surface area contributed by atoms with Crippen LogP contribution in [0.3, 0.4) is 0 Å². The molecular weight excluding hydrogens is 48.0 g/mol. The van der Waals surface area contributed by atoms with Gasteiger partial charge in [0.25, 0.3) is 0 Å². The highest BCUT2D eigenvalue weighted by Gasteiger charge is 1.45. The van der Waals surface area contributed by atoms with Crippen molar-refractivity contribution in [3.63, 3.8) is 0 Å². The third-order valence-electron chi connectivity index (χ3n) is 0.102. The van der Waals surface area contributed by atoms with Crippen LogP contribution in [0.15, 0.2) is 0 Å². The molecule has 0 aromatic rings. The van der Waals surface area contributed by atoms with E-state index in [1.54, 1.807) is 0 Å². The Hall–Kier alpha value is -0.440. The largest absolute Gasteiger partial charge is 0.0888 e. The Morgan fingerprint density at radius 2 is 2.25 bits per heavy atom. The van der Waals surface area contributed by atoms with Crippen LogP contribution in [-0.2, 0) is 0 Å². The molecule has 0 fully saturated rings. The van der Waals surface area contributed by atoms with Crippen LogP contribution in [0.2, 0.25) is 0 Å². The van der Waals surface area contributed by atoms with Gasteiger partial charge in [-0.15, -0.1) is 0 Å². The predicted molar refractivity (Wildman–Crippen MR) is 16.0 cm³/mol. The van der Waals surface area contributed by atoms with Crippen LogP contribution < -0.4 is 0 Å². The lowest BCUT2D eigenvalue weighted by atomic mass is 10.5. The second kappa shape index (κ2) is 2.56. The summed E-state index contributed by atoms with van der Waals surface area (Å²) in [5.41, 5.74) is 0. The van der Waals surface area contributed by atoms with Crippen molar-refractivity contribution >= 4 is 0 Å². The number of hydrogen-bond donors (Lipinski definition) is 0. The molecule has 0 saturated heterocycles. The Labute approximate surface area is 26.8 Å². The van der Waals surface area contributed by atoms with Gasteiger partial charge in [0.05, 0.1) is 0 Å². The molecular formula is C4H3. The molecule has 0 heterocycles. The van der Waals surface area contributed by atoms with Crippen molar-refractivity contribution in [2.75, 3.05) is 0 Å². The van der Waals surface area contributed by atoms with Gasteiger partial charge in [-0.25, -0.2) is 0 Å². The molecule has 0 rings (SSSR count). The van der Waals surface area contributed by atoms with Crippen molar-refractivity contribution in [1.29, 1.82) is 0 Å². The van der Waals surface area contributed by atoms with E-state index in [0.717, 1.165) is 0 Å². The van der Waals surface area contributed by atoms with Gasteiger partial charge < -0.3 is 0 Å². The van der Waals surface area contributed by atoms with E-state index < -0.39 is 0 Å². The lowest BCUT2D eigenvalue weighted by Gasteiger charge is -1.50. The van der Waals surface area contributed by atoms with Crippen LogP contribution in [-0.4, -0.2) is 0 Å². The van der Waals surface area contributed by atoms with Gasteiger partial charge in [-0.1, -0.05) is 5.92 Å². The smallest absolute Gasteiger partial charge is 0.0133 e. The molecule has 0 aromatic carbocycles. The van der Waals surface area contributed by atoms with Gasteiger partial charge in [-0.05, 0) is 13.3 Å². The standard InChI is InChI=1S/C4H3/c1-3-4-2/h1H,3H2. The van der Waals surface area contributed by atoms with E-state index in [-0.39, 0.29) is 6.42 Å². The minimum Gasteiger partial charge on any atom is -0.0888 e. The SMILES string of the molecule is [C]#CC[CH]. The van der Waals surface area contributed by atoms with Crippen molar-refractivity contribution in [3.05, 3.63) is 13.3 Å². The van der Waals surface area contributed by atoms with Crippen molar-refractivity contribution in [3.8, 4) is 5.92 Å². The fourth-order valence-electron chi connectivity index (χ4n) is 0. The van der Waals surface area contributed by atoms with Gasteiger partial charge >= 0.3 is 0 Å². The van der Waals surface area contributed by atoms with E-state index in [4.69, 9.17) is 13.3 Å². The van der Waals surface area contributed by atoms with E-state index >= 15 is 0 Å². The first-order chi connectivity index (χ1) is 1.91. The molecule has 0 unspecified atom stereocenters. The molecule has 0 atom stereocenters. The van der Waals surface area contributed by atoms with E-state index in [2.05, 4.69) is 0 Å². The van der Waals surface area contributed by atoms with Crippen molar-refractivity contribution in [2.45, 2.75) is 6.42 Å². The normalized spacial score (nSPS) is 5.00. The lowest BCUT2D eigenvalue weighted by molar-refractivity contribution is 1.48. The highest BCUT2D eigenvalue weighted by atomic mass is 13.5. The second-order valence-electron chi connectivity index (χ2n) is 0.381. The van der Waals surface area contributed by atoms with Gasteiger partial charge in [0.1, 0.15) is 0 Å². The second-order valence-corrected chi connectivity index (χ2v) is 0.381. The maximum atomic E-state index is 6.08. The minimum atomic E-state index is 0.236. The lowest BCUT2D eigenvalue weighted by Crippen LogP contribution is -1.39. The Balaban J connectivity index is 2.43. The molecule has 0 bridgehead atoms. The summed E-state index contributed by atoms with van der Waals surface area (Å²) in [5, 5.41) is 0.